The van der Waals surface area contributed by atoms with Gasteiger partial charge in [-0.3, -0.25) is 9.36 Å². The van der Waals surface area contributed by atoms with Crippen LogP contribution in [0.4, 0.5) is 4.39 Å². The van der Waals surface area contributed by atoms with Crippen molar-refractivity contribution in [3.63, 3.8) is 0 Å². The third-order valence-corrected chi connectivity index (χ3v) is 4.27. The number of aryl methyl sites for hydroxylation is 1. The number of nitrogens with zero attached hydrogens (tertiary/aromatic N) is 2. The van der Waals surface area contributed by atoms with Crippen LogP contribution in [-0.2, 0) is 0 Å². The molecule has 0 saturated carbocycles. The minimum atomic E-state index is -0.511. The van der Waals surface area contributed by atoms with Crippen LogP contribution in [-0.4, -0.2) is 17.6 Å². The van der Waals surface area contributed by atoms with E-state index in [-0.39, 0.29) is 22.8 Å². The third kappa shape index (κ3) is 3.42. The minimum absolute atomic E-state index is 0.131. The maximum atomic E-state index is 13.9. The monoisotopic (exact) mass is 367 g/mol. The molecule has 2 aromatic heterocycles. The number of carbonyl (C=O) groups excluding carboxylic acids is 1. The number of hydrogen-bond acceptors (Lipinski definition) is 4. The summed E-state index contributed by atoms with van der Waals surface area (Å²) in [5.74, 6) is -0.224. The van der Waals surface area contributed by atoms with Crippen molar-refractivity contribution in [3.8, 4) is 17.7 Å². The quantitative estimate of drug-likeness (QED) is 0.742. The predicted molar refractivity (Wildman–Crippen MR) is 96.3 cm³/mol. The number of methoxy groups -OCH3 is 1. The average Bonchev–Trinajstić information content (AvgIpc) is 3.28. The van der Waals surface area contributed by atoms with Crippen molar-refractivity contribution in [2.45, 2.75) is 19.9 Å². The lowest BCUT2D eigenvalue weighted by molar-refractivity contribution is 0.0938. The Balaban J connectivity index is 1.88. The van der Waals surface area contributed by atoms with E-state index in [0.29, 0.717) is 11.3 Å². The molecule has 2 heterocycles. The van der Waals surface area contributed by atoms with Gasteiger partial charge in [-0.05, 0) is 43.7 Å². The Bertz CT molecular complexity index is 1020. The lowest BCUT2D eigenvalue weighted by Gasteiger charge is -2.15. The van der Waals surface area contributed by atoms with Crippen LogP contribution in [0.5, 0.6) is 5.75 Å². The summed E-state index contributed by atoms with van der Waals surface area (Å²) in [6, 6.07) is 9.62. The van der Waals surface area contributed by atoms with E-state index in [1.807, 2.05) is 6.07 Å². The van der Waals surface area contributed by atoms with Crippen molar-refractivity contribution < 1.29 is 18.3 Å². The molecule has 3 aromatic rings. The van der Waals surface area contributed by atoms with Gasteiger partial charge in [0.15, 0.2) is 11.6 Å². The Hall–Kier alpha value is -3.53. The molecule has 0 aliphatic carbocycles. The van der Waals surface area contributed by atoms with Crippen molar-refractivity contribution in [2.24, 2.45) is 0 Å². The number of nitriles is 1. The molecule has 27 heavy (non-hydrogen) atoms. The van der Waals surface area contributed by atoms with Crippen molar-refractivity contribution in [1.29, 1.82) is 5.26 Å². The van der Waals surface area contributed by atoms with Crippen LogP contribution in [0.1, 0.15) is 40.2 Å². The number of amides is 1. The van der Waals surface area contributed by atoms with Gasteiger partial charge in [0, 0.05) is 12.4 Å². The first-order valence-corrected chi connectivity index (χ1v) is 8.27. The second-order valence-electron chi connectivity index (χ2n) is 6.00. The van der Waals surface area contributed by atoms with E-state index in [1.54, 1.807) is 49.0 Å². The molecule has 1 aromatic carbocycles. The first kappa shape index (κ1) is 18.3. The Morgan fingerprint density at radius 3 is 2.67 bits per heavy atom. The smallest absolute Gasteiger partial charge is 0.256 e. The van der Waals surface area contributed by atoms with Gasteiger partial charge in [0.2, 0.25) is 5.88 Å². The van der Waals surface area contributed by atoms with Crippen LogP contribution < -0.4 is 10.1 Å². The minimum Gasteiger partial charge on any atom is -0.494 e. The average molecular weight is 367 g/mol. The molecule has 6 nitrogen and oxygen atoms in total. The van der Waals surface area contributed by atoms with Gasteiger partial charge in [0.05, 0.1) is 13.2 Å². The number of benzene rings is 1. The van der Waals surface area contributed by atoms with Crippen LogP contribution in [0.25, 0.3) is 5.88 Å². The van der Waals surface area contributed by atoms with E-state index >= 15 is 0 Å². The molecule has 0 bridgehead atoms. The van der Waals surface area contributed by atoms with Crippen LogP contribution in [0.15, 0.2) is 47.1 Å². The summed E-state index contributed by atoms with van der Waals surface area (Å²) < 4.78 is 26.1. The summed E-state index contributed by atoms with van der Waals surface area (Å²) in [7, 11) is 1.39. The zero-order valence-corrected chi connectivity index (χ0v) is 15.1. The lowest BCUT2D eigenvalue weighted by Crippen LogP contribution is -2.27. The van der Waals surface area contributed by atoms with Gasteiger partial charge in [-0.25, -0.2) is 4.39 Å². The summed E-state index contributed by atoms with van der Waals surface area (Å²) >= 11 is 0. The first-order chi connectivity index (χ1) is 13.0. The number of rotatable bonds is 5. The Labute approximate surface area is 155 Å². The molecule has 7 heteroatoms. The highest BCUT2D eigenvalue weighted by molar-refractivity contribution is 5.98. The molecule has 0 aliphatic rings. The number of aromatic nitrogens is 1. The van der Waals surface area contributed by atoms with Gasteiger partial charge in [0.1, 0.15) is 23.0 Å². The summed E-state index contributed by atoms with van der Waals surface area (Å²) in [5, 5.41) is 12.3. The predicted octanol–water partition coefficient (Wildman–Crippen LogP) is 3.89. The highest BCUT2D eigenvalue weighted by Crippen LogP contribution is 2.27. The normalized spacial score (nSPS) is 11.7. The molecule has 0 spiro atoms. The van der Waals surface area contributed by atoms with Gasteiger partial charge in [-0.15, -0.1) is 0 Å². The maximum Gasteiger partial charge on any atom is 0.256 e. The summed E-state index contributed by atoms with van der Waals surface area (Å²) in [6.45, 7) is 3.36. The van der Waals surface area contributed by atoms with E-state index in [9.17, 15) is 14.4 Å². The Morgan fingerprint density at radius 2 is 2.07 bits per heavy atom. The van der Waals surface area contributed by atoms with Crippen molar-refractivity contribution >= 4 is 5.91 Å². The standard InChI is InChI=1S/C20H18FN3O3/c1-12(14-6-7-17(26-3)16(21)10-14)23-19(25)18-13(2)27-20(15(18)11-22)24-8-4-5-9-24/h4-10,12H,1-3H3,(H,23,25)/t12-/m0/s1. The topological polar surface area (TPSA) is 80.2 Å². The first-order valence-electron chi connectivity index (χ1n) is 8.27. The van der Waals surface area contributed by atoms with Gasteiger partial charge in [-0.2, -0.15) is 5.26 Å². The number of furan rings is 1. The molecule has 3 rings (SSSR count). The van der Waals surface area contributed by atoms with Crippen LogP contribution >= 0.6 is 0 Å². The summed E-state index contributed by atoms with van der Waals surface area (Å²) in [6.07, 6.45) is 3.45. The molecular formula is C20H18FN3O3. The van der Waals surface area contributed by atoms with E-state index in [2.05, 4.69) is 5.32 Å². The zero-order valence-electron chi connectivity index (χ0n) is 15.1. The van der Waals surface area contributed by atoms with Gasteiger partial charge < -0.3 is 14.5 Å². The fourth-order valence-electron chi connectivity index (χ4n) is 2.86. The van der Waals surface area contributed by atoms with Crippen LogP contribution in [0.2, 0.25) is 0 Å². The van der Waals surface area contributed by atoms with Crippen molar-refractivity contribution in [1.82, 2.24) is 9.88 Å². The summed E-state index contributed by atoms with van der Waals surface area (Å²) in [4.78, 5) is 12.8. The molecule has 1 amide bonds. The molecule has 0 radical (unpaired) electrons. The van der Waals surface area contributed by atoms with E-state index in [1.165, 1.54) is 19.2 Å². The second kappa shape index (κ2) is 7.38. The third-order valence-electron chi connectivity index (χ3n) is 4.27. The maximum absolute atomic E-state index is 13.9. The molecule has 1 N–H and O–H groups in total. The van der Waals surface area contributed by atoms with Crippen LogP contribution in [0.3, 0.4) is 0 Å². The molecule has 1 atom stereocenters. The van der Waals surface area contributed by atoms with Gasteiger partial charge in [0.25, 0.3) is 5.91 Å². The number of nitrogens with one attached hydrogen (secondary N) is 1. The summed E-state index contributed by atoms with van der Waals surface area (Å²) in [5.41, 5.74) is 0.892. The van der Waals surface area contributed by atoms with Gasteiger partial charge in [-0.1, -0.05) is 6.07 Å². The Morgan fingerprint density at radius 1 is 1.37 bits per heavy atom. The highest BCUT2D eigenvalue weighted by Gasteiger charge is 2.25. The zero-order chi connectivity index (χ0) is 19.6. The van der Waals surface area contributed by atoms with E-state index in [0.717, 1.165) is 0 Å². The molecule has 0 aliphatic heterocycles. The van der Waals surface area contributed by atoms with Crippen LogP contribution in [0, 0.1) is 24.1 Å². The SMILES string of the molecule is COc1ccc([C@H](C)NC(=O)c2c(C)oc(-n3cccc3)c2C#N)cc1F. The number of halogens is 1. The molecule has 138 valence electrons. The lowest BCUT2D eigenvalue weighted by atomic mass is 10.1. The molecule has 0 saturated heterocycles. The van der Waals surface area contributed by atoms with Crippen molar-refractivity contribution in [3.05, 3.63) is 71.0 Å². The fourth-order valence-corrected chi connectivity index (χ4v) is 2.86. The fraction of sp³-hybridized carbons (Fsp3) is 0.200. The molecule has 0 fully saturated rings. The van der Waals surface area contributed by atoms with E-state index < -0.39 is 17.8 Å². The number of carbonyl (C=O) groups is 1. The number of ether oxygens (including phenoxy) is 1. The van der Waals surface area contributed by atoms with Gasteiger partial charge >= 0.3 is 0 Å². The van der Waals surface area contributed by atoms with Crippen molar-refractivity contribution in [2.75, 3.05) is 7.11 Å². The molecular weight excluding hydrogens is 349 g/mol. The Kier molecular flexibility index (Phi) is 4.99. The largest absolute Gasteiger partial charge is 0.494 e. The highest BCUT2D eigenvalue weighted by atomic mass is 19.1. The van der Waals surface area contributed by atoms with E-state index in [4.69, 9.17) is 9.15 Å². The molecule has 0 unspecified atom stereocenters. The number of hydrogen-bond donors (Lipinski definition) is 1. The second-order valence-corrected chi connectivity index (χ2v) is 6.00.